The van der Waals surface area contributed by atoms with E-state index < -0.39 is 0 Å². The van der Waals surface area contributed by atoms with Gasteiger partial charge in [-0.3, -0.25) is 0 Å². The van der Waals surface area contributed by atoms with Crippen molar-refractivity contribution in [3.05, 3.63) is 73.3 Å². The molecule has 0 atom stereocenters. The van der Waals surface area contributed by atoms with Crippen molar-refractivity contribution in [2.24, 2.45) is 0 Å². The molecule has 0 unspecified atom stereocenters. The second-order valence-corrected chi connectivity index (χ2v) is 3.18. The fourth-order valence-corrected chi connectivity index (χ4v) is 0.702. The SMILES string of the molecule is C=C(C)/C=C\C(=C)OC(=C)/C=C\C(=C)C#N. The molecular formula is C14H15NO. The Hall–Kier alpha value is -2.27. The van der Waals surface area contributed by atoms with Gasteiger partial charge in [-0.2, -0.15) is 5.26 Å². The van der Waals surface area contributed by atoms with Gasteiger partial charge < -0.3 is 4.74 Å². The van der Waals surface area contributed by atoms with Crippen LogP contribution >= 0.6 is 0 Å². The molecule has 0 aromatic carbocycles. The minimum atomic E-state index is 0.341. The van der Waals surface area contributed by atoms with Gasteiger partial charge in [-0.05, 0) is 25.2 Å². The number of hydrogen-bond acceptors (Lipinski definition) is 2. The van der Waals surface area contributed by atoms with E-state index in [2.05, 4.69) is 26.3 Å². The summed E-state index contributed by atoms with van der Waals surface area (Å²) in [5, 5.41) is 8.47. The maximum absolute atomic E-state index is 8.47. The lowest BCUT2D eigenvalue weighted by Crippen LogP contribution is -1.85. The zero-order valence-corrected chi connectivity index (χ0v) is 9.49. The van der Waals surface area contributed by atoms with Crippen LogP contribution in [-0.4, -0.2) is 0 Å². The van der Waals surface area contributed by atoms with E-state index in [1.807, 2.05) is 13.0 Å². The molecule has 0 saturated carbocycles. The molecule has 0 aliphatic rings. The lowest BCUT2D eigenvalue weighted by atomic mass is 10.3. The van der Waals surface area contributed by atoms with Crippen LogP contribution < -0.4 is 0 Å². The third-order valence-electron chi connectivity index (χ3n) is 1.43. The molecule has 82 valence electrons. The Balaban J connectivity index is 4.22. The van der Waals surface area contributed by atoms with Gasteiger partial charge in [0.2, 0.25) is 0 Å². The first-order valence-corrected chi connectivity index (χ1v) is 4.62. The van der Waals surface area contributed by atoms with Crippen LogP contribution in [-0.2, 0) is 4.74 Å². The number of hydrogen-bond donors (Lipinski definition) is 0. The summed E-state index contributed by atoms with van der Waals surface area (Å²) < 4.78 is 5.24. The summed E-state index contributed by atoms with van der Waals surface area (Å²) in [6, 6.07) is 1.89. The van der Waals surface area contributed by atoms with Crippen molar-refractivity contribution >= 4 is 0 Å². The minimum Gasteiger partial charge on any atom is -0.459 e. The highest BCUT2D eigenvalue weighted by molar-refractivity contribution is 5.32. The first kappa shape index (κ1) is 13.7. The van der Waals surface area contributed by atoms with Gasteiger partial charge in [0.15, 0.2) is 0 Å². The fourth-order valence-electron chi connectivity index (χ4n) is 0.702. The van der Waals surface area contributed by atoms with Gasteiger partial charge >= 0.3 is 0 Å². The van der Waals surface area contributed by atoms with E-state index in [9.17, 15) is 0 Å². The van der Waals surface area contributed by atoms with Crippen LogP contribution in [0.4, 0.5) is 0 Å². The van der Waals surface area contributed by atoms with Crippen molar-refractivity contribution in [2.45, 2.75) is 6.92 Å². The summed E-state index contributed by atoms with van der Waals surface area (Å²) in [6.07, 6.45) is 6.57. The van der Waals surface area contributed by atoms with Crippen LogP contribution in [0.15, 0.2) is 73.3 Å². The molecule has 0 radical (unpaired) electrons. The Morgan fingerprint density at radius 1 is 1.00 bits per heavy atom. The highest BCUT2D eigenvalue weighted by atomic mass is 16.5. The fraction of sp³-hybridized carbons (Fsp3) is 0.0714. The molecule has 0 aliphatic heterocycles. The second kappa shape index (κ2) is 7.08. The van der Waals surface area contributed by atoms with Gasteiger partial charge in [0, 0.05) is 5.57 Å². The van der Waals surface area contributed by atoms with Crippen LogP contribution in [0.1, 0.15) is 6.92 Å². The third kappa shape index (κ3) is 7.16. The summed E-state index contributed by atoms with van der Waals surface area (Å²) >= 11 is 0. The molecule has 0 heterocycles. The second-order valence-electron chi connectivity index (χ2n) is 3.18. The van der Waals surface area contributed by atoms with Crippen LogP contribution in [0.3, 0.4) is 0 Å². The first-order valence-electron chi connectivity index (χ1n) is 4.62. The quantitative estimate of drug-likeness (QED) is 0.382. The van der Waals surface area contributed by atoms with Crippen LogP contribution in [0.5, 0.6) is 0 Å². The van der Waals surface area contributed by atoms with Gasteiger partial charge in [-0.1, -0.05) is 38.0 Å². The highest BCUT2D eigenvalue weighted by Gasteiger charge is 1.92. The Kier molecular flexibility index (Phi) is 6.07. The molecule has 0 N–H and O–H groups in total. The zero-order valence-electron chi connectivity index (χ0n) is 9.49. The molecule has 0 aliphatic carbocycles. The Labute approximate surface area is 96.9 Å². The van der Waals surface area contributed by atoms with E-state index in [0.29, 0.717) is 17.1 Å². The topological polar surface area (TPSA) is 33.0 Å². The zero-order chi connectivity index (χ0) is 12.6. The average Bonchev–Trinajstić information content (AvgIpc) is 2.23. The molecule has 0 spiro atoms. The Morgan fingerprint density at radius 2 is 1.50 bits per heavy atom. The smallest absolute Gasteiger partial charge is 0.120 e. The van der Waals surface area contributed by atoms with Gasteiger partial charge in [0.05, 0.1) is 6.07 Å². The van der Waals surface area contributed by atoms with Gasteiger partial charge in [-0.25, -0.2) is 0 Å². The molecule has 0 rings (SSSR count). The van der Waals surface area contributed by atoms with Gasteiger partial charge in [-0.15, -0.1) is 0 Å². The number of rotatable bonds is 6. The summed E-state index contributed by atoms with van der Waals surface area (Å²) in [6.45, 7) is 16.4. The molecule has 0 bridgehead atoms. The van der Waals surface area contributed by atoms with E-state index in [0.717, 1.165) is 5.57 Å². The highest BCUT2D eigenvalue weighted by Crippen LogP contribution is 2.07. The molecule has 0 aromatic rings. The van der Waals surface area contributed by atoms with Crippen LogP contribution in [0.2, 0.25) is 0 Å². The minimum absolute atomic E-state index is 0.341. The maximum Gasteiger partial charge on any atom is 0.120 e. The predicted molar refractivity (Wildman–Crippen MR) is 67.2 cm³/mol. The summed E-state index contributed by atoms with van der Waals surface area (Å²) in [7, 11) is 0. The van der Waals surface area contributed by atoms with Gasteiger partial charge in [0.25, 0.3) is 0 Å². The van der Waals surface area contributed by atoms with Crippen molar-refractivity contribution in [1.82, 2.24) is 0 Å². The Bertz CT molecular complexity index is 417. The van der Waals surface area contributed by atoms with E-state index in [-0.39, 0.29) is 0 Å². The van der Waals surface area contributed by atoms with E-state index in [1.165, 1.54) is 6.08 Å². The maximum atomic E-state index is 8.47. The lowest BCUT2D eigenvalue weighted by Gasteiger charge is -2.03. The monoisotopic (exact) mass is 213 g/mol. The molecule has 0 fully saturated rings. The molecule has 2 heteroatoms. The normalized spacial score (nSPS) is 10.0. The summed E-state index contributed by atoms with van der Waals surface area (Å²) in [4.78, 5) is 0. The van der Waals surface area contributed by atoms with Crippen molar-refractivity contribution in [2.75, 3.05) is 0 Å². The largest absolute Gasteiger partial charge is 0.459 e. The molecule has 16 heavy (non-hydrogen) atoms. The first-order chi connectivity index (χ1) is 7.45. The van der Waals surface area contributed by atoms with Crippen molar-refractivity contribution in [1.29, 1.82) is 5.26 Å². The number of allylic oxidation sites excluding steroid dienone is 6. The van der Waals surface area contributed by atoms with Crippen molar-refractivity contribution in [3.63, 3.8) is 0 Å². The van der Waals surface area contributed by atoms with Crippen LogP contribution in [0.25, 0.3) is 0 Å². The number of ether oxygens (including phenoxy) is 1. The Morgan fingerprint density at radius 3 is 1.94 bits per heavy atom. The summed E-state index contributed by atoms with van der Waals surface area (Å²) in [5.41, 5.74) is 1.25. The number of nitriles is 1. The molecule has 0 amide bonds. The third-order valence-corrected chi connectivity index (χ3v) is 1.43. The number of nitrogens with zero attached hydrogens (tertiary/aromatic N) is 1. The van der Waals surface area contributed by atoms with E-state index in [4.69, 9.17) is 10.00 Å². The summed E-state index contributed by atoms with van der Waals surface area (Å²) in [5.74, 6) is 0.855. The molecule has 0 saturated heterocycles. The van der Waals surface area contributed by atoms with E-state index in [1.54, 1.807) is 18.2 Å². The predicted octanol–water partition coefficient (Wildman–Crippen LogP) is 3.80. The lowest BCUT2D eigenvalue weighted by molar-refractivity contribution is 0.340. The molecule has 2 nitrogen and oxygen atoms in total. The average molecular weight is 213 g/mol. The van der Waals surface area contributed by atoms with E-state index >= 15 is 0 Å². The standard InChI is InChI=1S/C14H15NO/c1-11(2)6-8-13(4)16-14(5)9-7-12(3)10-15/h6-9H,1,3-5H2,2H3/b8-6-,9-7-. The van der Waals surface area contributed by atoms with Crippen molar-refractivity contribution in [3.8, 4) is 6.07 Å². The molecular weight excluding hydrogens is 198 g/mol. The van der Waals surface area contributed by atoms with Crippen molar-refractivity contribution < 1.29 is 4.74 Å². The molecule has 0 aromatic heterocycles. The van der Waals surface area contributed by atoms with Crippen LogP contribution in [0, 0.1) is 11.3 Å². The van der Waals surface area contributed by atoms with Gasteiger partial charge in [0.1, 0.15) is 11.5 Å².